The van der Waals surface area contributed by atoms with Crippen molar-refractivity contribution in [1.29, 1.82) is 0 Å². The number of fused-ring (bicyclic) bond motifs is 1. The van der Waals surface area contributed by atoms with Crippen LogP contribution >= 0.6 is 34.2 Å². The lowest BCUT2D eigenvalue weighted by atomic mass is 10.0. The Morgan fingerprint density at radius 3 is 2.62 bits per heavy atom. The van der Waals surface area contributed by atoms with Crippen molar-refractivity contribution in [3.63, 3.8) is 0 Å². The fourth-order valence-electron chi connectivity index (χ4n) is 3.12. The summed E-state index contributed by atoms with van der Waals surface area (Å²) in [5.41, 5.74) is 0.835. The Balaban J connectivity index is 1.86. The number of methoxy groups -OCH3 is 1. The molecule has 7 heteroatoms. The van der Waals surface area contributed by atoms with Crippen LogP contribution < -0.4 is 10.1 Å². The van der Waals surface area contributed by atoms with Crippen molar-refractivity contribution in [2.75, 3.05) is 25.5 Å². The van der Waals surface area contributed by atoms with Gasteiger partial charge in [-0.1, -0.05) is 0 Å². The third-order valence-electron chi connectivity index (χ3n) is 4.54. The normalized spacial score (nSPS) is 16.8. The van der Waals surface area contributed by atoms with Gasteiger partial charge >= 0.3 is 0 Å². The van der Waals surface area contributed by atoms with Crippen LogP contribution in [0.2, 0.25) is 5.28 Å². The second-order valence-corrected chi connectivity index (χ2v) is 7.89. The van der Waals surface area contributed by atoms with Gasteiger partial charge in [-0.2, -0.15) is 0 Å². The Hall–Kier alpha value is -0.860. The van der Waals surface area contributed by atoms with Crippen molar-refractivity contribution < 1.29 is 4.74 Å². The molecule has 1 saturated heterocycles. The van der Waals surface area contributed by atoms with Crippen LogP contribution in [0.25, 0.3) is 10.9 Å². The first-order chi connectivity index (χ1) is 11.5. The van der Waals surface area contributed by atoms with Crippen LogP contribution in [-0.4, -0.2) is 47.2 Å². The summed E-state index contributed by atoms with van der Waals surface area (Å²) in [6, 6.07) is 4.97. The highest BCUT2D eigenvalue weighted by atomic mass is 127. The van der Waals surface area contributed by atoms with E-state index in [9.17, 15) is 0 Å². The number of benzene rings is 1. The van der Waals surface area contributed by atoms with E-state index in [0.29, 0.717) is 12.1 Å². The van der Waals surface area contributed by atoms with Crippen LogP contribution in [0, 0.1) is 3.57 Å². The number of hydrogen-bond acceptors (Lipinski definition) is 5. The van der Waals surface area contributed by atoms with Crippen LogP contribution in [0.1, 0.15) is 26.7 Å². The zero-order valence-electron chi connectivity index (χ0n) is 14.1. The van der Waals surface area contributed by atoms with Gasteiger partial charge in [-0.15, -0.1) is 0 Å². The van der Waals surface area contributed by atoms with Gasteiger partial charge in [-0.25, -0.2) is 9.97 Å². The van der Waals surface area contributed by atoms with Crippen LogP contribution in [0.5, 0.6) is 5.75 Å². The molecule has 5 nitrogen and oxygen atoms in total. The number of nitrogens with one attached hydrogen (secondary N) is 1. The fourth-order valence-corrected chi connectivity index (χ4v) is 3.97. The maximum Gasteiger partial charge on any atom is 0.224 e. The largest absolute Gasteiger partial charge is 0.496 e. The Morgan fingerprint density at radius 2 is 2.00 bits per heavy atom. The number of halogens is 2. The highest BCUT2D eigenvalue weighted by Gasteiger charge is 2.22. The first-order valence-electron chi connectivity index (χ1n) is 8.19. The minimum absolute atomic E-state index is 0.269. The number of hydrogen-bond donors (Lipinski definition) is 1. The van der Waals surface area contributed by atoms with Gasteiger partial charge in [0.05, 0.1) is 16.2 Å². The topological polar surface area (TPSA) is 50.3 Å². The molecule has 1 aromatic carbocycles. The highest BCUT2D eigenvalue weighted by Crippen LogP contribution is 2.31. The number of piperidine rings is 1. The summed E-state index contributed by atoms with van der Waals surface area (Å²) in [6.45, 7) is 6.71. The molecule has 130 valence electrons. The van der Waals surface area contributed by atoms with Gasteiger partial charge in [-0.3, -0.25) is 0 Å². The lowest BCUT2D eigenvalue weighted by Crippen LogP contribution is -2.42. The summed E-state index contributed by atoms with van der Waals surface area (Å²) < 4.78 is 6.45. The second-order valence-electron chi connectivity index (χ2n) is 6.39. The van der Waals surface area contributed by atoms with Crippen LogP contribution in [0.4, 0.5) is 5.82 Å². The van der Waals surface area contributed by atoms with Gasteiger partial charge < -0.3 is 15.0 Å². The number of likely N-dealkylation sites (tertiary alicyclic amines) is 1. The molecular formula is C17H22ClIN4O. The molecule has 1 N–H and O–H groups in total. The van der Waals surface area contributed by atoms with E-state index in [1.807, 2.05) is 12.1 Å². The quantitative estimate of drug-likeness (QED) is 0.548. The van der Waals surface area contributed by atoms with E-state index in [1.165, 1.54) is 0 Å². The van der Waals surface area contributed by atoms with Crippen molar-refractivity contribution in [1.82, 2.24) is 14.9 Å². The molecule has 0 bridgehead atoms. The minimum Gasteiger partial charge on any atom is -0.496 e. The van der Waals surface area contributed by atoms with E-state index in [2.05, 4.69) is 56.6 Å². The minimum atomic E-state index is 0.269. The highest BCUT2D eigenvalue weighted by molar-refractivity contribution is 14.1. The third kappa shape index (κ3) is 3.86. The van der Waals surface area contributed by atoms with Gasteiger partial charge in [0, 0.05) is 30.6 Å². The summed E-state index contributed by atoms with van der Waals surface area (Å²) in [6.07, 6.45) is 2.20. The van der Waals surface area contributed by atoms with Crippen molar-refractivity contribution >= 4 is 50.9 Å². The van der Waals surface area contributed by atoms with E-state index in [4.69, 9.17) is 16.3 Å². The molecule has 0 aliphatic carbocycles. The smallest absolute Gasteiger partial charge is 0.224 e. The fraction of sp³-hybridized carbons (Fsp3) is 0.529. The molecule has 1 aromatic heterocycles. The van der Waals surface area contributed by atoms with Gasteiger partial charge in [0.2, 0.25) is 5.28 Å². The van der Waals surface area contributed by atoms with Crippen LogP contribution in [-0.2, 0) is 0 Å². The van der Waals surface area contributed by atoms with Gasteiger partial charge in [-0.05, 0) is 73.0 Å². The first kappa shape index (κ1) is 17.9. The van der Waals surface area contributed by atoms with E-state index in [1.54, 1.807) is 7.11 Å². The van der Waals surface area contributed by atoms with E-state index in [0.717, 1.165) is 52.0 Å². The molecule has 2 aromatic rings. The predicted molar refractivity (Wildman–Crippen MR) is 107 cm³/mol. The number of anilines is 1. The van der Waals surface area contributed by atoms with Gasteiger partial charge in [0.1, 0.15) is 11.6 Å². The SMILES string of the molecule is COc1cc2c(NC3CCN(C(C)C)CC3)nc(Cl)nc2cc1I. The van der Waals surface area contributed by atoms with Gasteiger partial charge in [0.25, 0.3) is 0 Å². The molecule has 1 aliphatic heterocycles. The summed E-state index contributed by atoms with van der Waals surface area (Å²) in [5, 5.41) is 4.79. The molecule has 0 unspecified atom stereocenters. The Bertz CT molecular complexity index is 732. The summed E-state index contributed by atoms with van der Waals surface area (Å²) in [4.78, 5) is 11.3. The van der Waals surface area contributed by atoms with Crippen LogP contribution in [0.15, 0.2) is 12.1 Å². The number of aromatic nitrogens is 2. The third-order valence-corrected chi connectivity index (χ3v) is 5.55. The van der Waals surface area contributed by atoms with Crippen molar-refractivity contribution in [2.24, 2.45) is 0 Å². The Labute approximate surface area is 161 Å². The first-order valence-corrected chi connectivity index (χ1v) is 9.65. The van der Waals surface area contributed by atoms with Crippen molar-refractivity contribution in [3.05, 3.63) is 21.0 Å². The molecule has 0 spiro atoms. The molecule has 0 saturated carbocycles. The Morgan fingerprint density at radius 1 is 1.29 bits per heavy atom. The number of ether oxygens (including phenoxy) is 1. The zero-order chi connectivity index (χ0) is 17.3. The number of nitrogens with zero attached hydrogens (tertiary/aromatic N) is 3. The molecule has 1 aliphatic rings. The molecular weight excluding hydrogens is 439 g/mol. The zero-order valence-corrected chi connectivity index (χ0v) is 17.1. The second kappa shape index (κ2) is 7.58. The average Bonchev–Trinajstić information content (AvgIpc) is 2.54. The average molecular weight is 461 g/mol. The lowest BCUT2D eigenvalue weighted by molar-refractivity contribution is 0.177. The van der Waals surface area contributed by atoms with Crippen LogP contribution in [0.3, 0.4) is 0 Å². The molecule has 24 heavy (non-hydrogen) atoms. The van der Waals surface area contributed by atoms with E-state index in [-0.39, 0.29) is 5.28 Å². The summed E-state index contributed by atoms with van der Waals surface area (Å²) in [7, 11) is 1.68. The Kier molecular flexibility index (Phi) is 5.66. The van der Waals surface area contributed by atoms with E-state index < -0.39 is 0 Å². The van der Waals surface area contributed by atoms with Crippen molar-refractivity contribution in [3.8, 4) is 5.75 Å². The monoisotopic (exact) mass is 460 g/mol. The molecule has 3 rings (SSSR count). The van der Waals surface area contributed by atoms with Gasteiger partial charge in [0.15, 0.2) is 0 Å². The molecule has 0 radical (unpaired) electrons. The molecule has 0 amide bonds. The predicted octanol–water partition coefficient (Wildman–Crippen LogP) is 4.18. The number of rotatable bonds is 4. The maximum atomic E-state index is 6.13. The standard InChI is InChI=1S/C17H22ClIN4O/c1-10(2)23-6-4-11(5-7-23)20-16-12-8-15(24-3)13(19)9-14(12)21-17(18)22-16/h8-11H,4-7H2,1-3H3,(H,20,21,22). The lowest BCUT2D eigenvalue weighted by Gasteiger charge is -2.35. The summed E-state index contributed by atoms with van der Waals surface area (Å²) in [5.74, 6) is 1.62. The molecule has 0 atom stereocenters. The van der Waals surface area contributed by atoms with Crippen molar-refractivity contribution in [2.45, 2.75) is 38.8 Å². The van der Waals surface area contributed by atoms with E-state index >= 15 is 0 Å². The summed E-state index contributed by atoms with van der Waals surface area (Å²) >= 11 is 8.37. The maximum absolute atomic E-state index is 6.13. The molecule has 1 fully saturated rings. The molecule has 2 heterocycles.